The van der Waals surface area contributed by atoms with Crippen LogP contribution in [0.2, 0.25) is 0 Å². The van der Waals surface area contributed by atoms with Crippen LogP contribution in [0.3, 0.4) is 0 Å². The Morgan fingerprint density at radius 3 is 2.90 bits per heavy atom. The summed E-state index contributed by atoms with van der Waals surface area (Å²) < 4.78 is 7.33. The molecule has 0 aliphatic heterocycles. The molecule has 0 fully saturated rings. The highest BCUT2D eigenvalue weighted by molar-refractivity contribution is 5.28. The fourth-order valence-electron chi connectivity index (χ4n) is 2.30. The Morgan fingerprint density at radius 2 is 2.14 bits per heavy atom. The molecule has 1 aromatic carbocycles. The molecule has 0 saturated heterocycles. The molecule has 0 spiro atoms. The molecule has 0 aliphatic rings. The number of rotatable bonds is 8. The molecule has 0 amide bonds. The van der Waals surface area contributed by atoms with Gasteiger partial charge in [-0.2, -0.15) is 5.10 Å². The third-order valence-electron chi connectivity index (χ3n) is 3.37. The molecule has 0 unspecified atom stereocenters. The largest absolute Gasteiger partial charge is 0.497 e. The molecule has 0 radical (unpaired) electrons. The zero-order valence-corrected chi connectivity index (χ0v) is 13.2. The molecule has 0 atom stereocenters. The quantitative estimate of drug-likeness (QED) is 0.759. The van der Waals surface area contributed by atoms with Gasteiger partial charge in [0.2, 0.25) is 0 Å². The number of nitrogens with one attached hydrogen (secondary N) is 1. The van der Waals surface area contributed by atoms with Crippen LogP contribution in [0.25, 0.3) is 0 Å². The maximum absolute atomic E-state index is 5.24. The molecule has 2 rings (SSSR count). The van der Waals surface area contributed by atoms with Gasteiger partial charge >= 0.3 is 0 Å². The molecule has 2 aromatic rings. The Morgan fingerprint density at radius 1 is 1.29 bits per heavy atom. The number of hydrogen-bond acceptors (Lipinski definition) is 3. The molecule has 4 heteroatoms. The Hall–Kier alpha value is -1.81. The smallest absolute Gasteiger partial charge is 0.119 e. The highest BCUT2D eigenvalue weighted by Crippen LogP contribution is 2.12. The fraction of sp³-hybridized carbons (Fsp3) is 0.471. The predicted octanol–water partition coefficient (Wildman–Crippen LogP) is 2.88. The Bertz CT molecular complexity index is 548. The summed E-state index contributed by atoms with van der Waals surface area (Å²) >= 11 is 0. The van der Waals surface area contributed by atoms with E-state index in [-0.39, 0.29) is 0 Å². The van der Waals surface area contributed by atoms with Crippen molar-refractivity contribution in [2.45, 2.75) is 33.4 Å². The summed E-state index contributed by atoms with van der Waals surface area (Å²) in [5, 5.41) is 7.86. The average Bonchev–Trinajstić information content (AvgIpc) is 2.90. The van der Waals surface area contributed by atoms with E-state index in [1.54, 1.807) is 7.11 Å². The van der Waals surface area contributed by atoms with E-state index in [0.29, 0.717) is 5.92 Å². The summed E-state index contributed by atoms with van der Waals surface area (Å²) in [4.78, 5) is 0. The highest BCUT2D eigenvalue weighted by atomic mass is 16.5. The lowest BCUT2D eigenvalue weighted by molar-refractivity contribution is 0.414. The Kier molecular flexibility index (Phi) is 5.81. The first-order valence-electron chi connectivity index (χ1n) is 7.53. The summed E-state index contributed by atoms with van der Waals surface area (Å²) in [7, 11) is 1.70. The second kappa shape index (κ2) is 7.84. The first kappa shape index (κ1) is 15.6. The van der Waals surface area contributed by atoms with Gasteiger partial charge < -0.3 is 10.1 Å². The molecular formula is C17H25N3O. The molecule has 0 bridgehead atoms. The van der Waals surface area contributed by atoms with Crippen LogP contribution in [-0.4, -0.2) is 23.4 Å². The third-order valence-corrected chi connectivity index (χ3v) is 3.37. The zero-order valence-electron chi connectivity index (χ0n) is 13.2. The minimum atomic E-state index is 0.612. The molecule has 0 aliphatic carbocycles. The average molecular weight is 287 g/mol. The molecular weight excluding hydrogens is 262 g/mol. The van der Waals surface area contributed by atoms with Crippen LogP contribution in [0.15, 0.2) is 36.5 Å². The maximum Gasteiger partial charge on any atom is 0.119 e. The van der Waals surface area contributed by atoms with E-state index in [4.69, 9.17) is 4.74 Å². The minimum absolute atomic E-state index is 0.612. The molecule has 1 N–H and O–H groups in total. The van der Waals surface area contributed by atoms with Gasteiger partial charge in [-0.15, -0.1) is 0 Å². The monoisotopic (exact) mass is 287 g/mol. The normalized spacial score (nSPS) is 11.0. The van der Waals surface area contributed by atoms with Crippen molar-refractivity contribution < 1.29 is 4.74 Å². The second-order valence-electron chi connectivity index (χ2n) is 5.68. The van der Waals surface area contributed by atoms with Crippen molar-refractivity contribution in [1.29, 1.82) is 0 Å². The van der Waals surface area contributed by atoms with Crippen molar-refractivity contribution in [3.8, 4) is 5.75 Å². The summed E-state index contributed by atoms with van der Waals surface area (Å²) in [6, 6.07) is 10.3. The van der Waals surface area contributed by atoms with Gasteiger partial charge in [-0.05, 0) is 42.6 Å². The van der Waals surface area contributed by atoms with Crippen molar-refractivity contribution in [3.05, 3.63) is 47.8 Å². The molecule has 21 heavy (non-hydrogen) atoms. The second-order valence-corrected chi connectivity index (χ2v) is 5.68. The van der Waals surface area contributed by atoms with Crippen LogP contribution in [0.1, 0.15) is 25.1 Å². The first-order chi connectivity index (χ1) is 10.2. The van der Waals surface area contributed by atoms with E-state index < -0.39 is 0 Å². The summed E-state index contributed by atoms with van der Waals surface area (Å²) in [5.41, 5.74) is 2.53. The van der Waals surface area contributed by atoms with Gasteiger partial charge in [0, 0.05) is 19.3 Å². The van der Waals surface area contributed by atoms with Crippen LogP contribution >= 0.6 is 0 Å². The Balaban J connectivity index is 1.78. The van der Waals surface area contributed by atoms with E-state index in [1.165, 1.54) is 11.3 Å². The van der Waals surface area contributed by atoms with Crippen molar-refractivity contribution >= 4 is 0 Å². The van der Waals surface area contributed by atoms with E-state index in [9.17, 15) is 0 Å². The lowest BCUT2D eigenvalue weighted by Gasteiger charge is -2.11. The maximum atomic E-state index is 5.24. The topological polar surface area (TPSA) is 39.1 Å². The molecule has 1 aromatic heterocycles. The zero-order chi connectivity index (χ0) is 15.1. The third kappa shape index (κ3) is 4.90. The summed E-state index contributed by atoms with van der Waals surface area (Å²) in [6.07, 6.45) is 2.87. The molecule has 0 saturated carbocycles. The van der Waals surface area contributed by atoms with Gasteiger partial charge in [0.15, 0.2) is 0 Å². The van der Waals surface area contributed by atoms with Gasteiger partial charge in [-0.1, -0.05) is 26.0 Å². The fourth-order valence-corrected chi connectivity index (χ4v) is 2.30. The van der Waals surface area contributed by atoms with E-state index in [0.717, 1.165) is 31.8 Å². The highest BCUT2D eigenvalue weighted by Gasteiger charge is 2.04. The van der Waals surface area contributed by atoms with Crippen LogP contribution in [0.4, 0.5) is 0 Å². The number of benzene rings is 1. The van der Waals surface area contributed by atoms with E-state index in [1.807, 2.05) is 18.3 Å². The van der Waals surface area contributed by atoms with Gasteiger partial charge in [-0.3, -0.25) is 4.68 Å². The summed E-state index contributed by atoms with van der Waals surface area (Å²) in [5.74, 6) is 1.53. The number of aromatic nitrogens is 2. The van der Waals surface area contributed by atoms with Crippen LogP contribution in [0.5, 0.6) is 5.75 Å². The lowest BCUT2D eigenvalue weighted by Crippen LogP contribution is -2.20. The van der Waals surface area contributed by atoms with Crippen molar-refractivity contribution in [2.24, 2.45) is 5.92 Å². The number of nitrogens with zero attached hydrogens (tertiary/aromatic N) is 2. The van der Waals surface area contributed by atoms with E-state index >= 15 is 0 Å². The standard InChI is InChI=1S/C17H25N3O/c1-14(2)13-20-16(8-10-19-20)12-18-9-7-15-5-4-6-17(11-15)21-3/h4-6,8,10-11,14,18H,7,9,12-13H2,1-3H3. The van der Waals surface area contributed by atoms with Gasteiger partial charge in [0.25, 0.3) is 0 Å². The van der Waals surface area contributed by atoms with Crippen LogP contribution in [-0.2, 0) is 19.5 Å². The molecule has 114 valence electrons. The number of hydrogen-bond donors (Lipinski definition) is 1. The van der Waals surface area contributed by atoms with Gasteiger partial charge in [-0.25, -0.2) is 0 Å². The minimum Gasteiger partial charge on any atom is -0.497 e. The van der Waals surface area contributed by atoms with Crippen molar-refractivity contribution in [3.63, 3.8) is 0 Å². The van der Waals surface area contributed by atoms with Crippen molar-refractivity contribution in [1.82, 2.24) is 15.1 Å². The van der Waals surface area contributed by atoms with Crippen LogP contribution < -0.4 is 10.1 Å². The molecule has 4 nitrogen and oxygen atoms in total. The Labute approximate surface area is 127 Å². The van der Waals surface area contributed by atoms with Gasteiger partial charge in [0.1, 0.15) is 5.75 Å². The lowest BCUT2D eigenvalue weighted by atomic mass is 10.1. The summed E-state index contributed by atoms with van der Waals surface area (Å²) in [6.45, 7) is 7.19. The number of ether oxygens (including phenoxy) is 1. The predicted molar refractivity (Wildman–Crippen MR) is 85.5 cm³/mol. The van der Waals surface area contributed by atoms with E-state index in [2.05, 4.69) is 47.1 Å². The van der Waals surface area contributed by atoms with Crippen LogP contribution in [0, 0.1) is 5.92 Å². The SMILES string of the molecule is COc1cccc(CCNCc2ccnn2CC(C)C)c1. The number of methoxy groups -OCH3 is 1. The molecule has 1 heterocycles. The van der Waals surface area contributed by atoms with Crippen molar-refractivity contribution in [2.75, 3.05) is 13.7 Å². The van der Waals surface area contributed by atoms with Gasteiger partial charge in [0.05, 0.1) is 12.8 Å². The first-order valence-corrected chi connectivity index (χ1v) is 7.53.